The fourth-order valence-electron chi connectivity index (χ4n) is 2.03. The van der Waals surface area contributed by atoms with Gasteiger partial charge in [-0.05, 0) is 41.8 Å². The molecule has 0 bridgehead atoms. The summed E-state index contributed by atoms with van der Waals surface area (Å²) in [5, 5.41) is 2.00. The lowest BCUT2D eigenvalue weighted by atomic mass is 9.93. The lowest BCUT2D eigenvalue weighted by Gasteiger charge is -2.23. The zero-order valence-electron chi connectivity index (χ0n) is 11.0. The number of hydrogen-bond donors (Lipinski definition) is 1. The number of alkyl halides is 2. The van der Waals surface area contributed by atoms with Crippen LogP contribution < -0.4 is 10.5 Å². The van der Waals surface area contributed by atoms with Gasteiger partial charge in [-0.1, -0.05) is 24.3 Å². The molecule has 2 nitrogen and oxygen atoms in total. The first-order chi connectivity index (χ1) is 8.92. The molecule has 102 valence electrons. The van der Waals surface area contributed by atoms with Gasteiger partial charge in [0.25, 0.3) is 6.43 Å². The minimum absolute atomic E-state index is 0.145. The van der Waals surface area contributed by atoms with Crippen LogP contribution in [0.5, 0.6) is 5.75 Å². The maximum Gasteiger partial charge on any atom is 0.256 e. The third-order valence-corrected chi connectivity index (χ3v) is 3.20. The Labute approximate surface area is 111 Å². The Morgan fingerprint density at radius 1 is 1.16 bits per heavy atom. The number of ether oxygens (including phenoxy) is 1. The van der Waals surface area contributed by atoms with Crippen molar-refractivity contribution >= 4 is 10.8 Å². The number of hydrogen-bond acceptors (Lipinski definition) is 2. The van der Waals surface area contributed by atoms with E-state index in [1.54, 1.807) is 7.11 Å². The molecule has 0 saturated carbocycles. The third kappa shape index (κ3) is 3.01. The van der Waals surface area contributed by atoms with E-state index in [4.69, 9.17) is 10.5 Å². The van der Waals surface area contributed by atoms with Crippen LogP contribution in [0.4, 0.5) is 8.78 Å². The Balaban J connectivity index is 2.32. The van der Waals surface area contributed by atoms with Crippen molar-refractivity contribution in [3.8, 4) is 5.75 Å². The standard InChI is InChI=1S/C15H17F2NO/c1-15(18,14(16)17)9-10-3-4-12-8-13(19-2)6-5-11(12)7-10/h3-8,14H,9,18H2,1-2H3. The summed E-state index contributed by atoms with van der Waals surface area (Å²) in [4.78, 5) is 0. The zero-order chi connectivity index (χ0) is 14.0. The van der Waals surface area contributed by atoms with Gasteiger partial charge < -0.3 is 10.5 Å². The number of methoxy groups -OCH3 is 1. The lowest BCUT2D eigenvalue weighted by molar-refractivity contribution is 0.0639. The number of halogens is 2. The Kier molecular flexibility index (Phi) is 3.71. The first-order valence-corrected chi connectivity index (χ1v) is 6.06. The summed E-state index contributed by atoms with van der Waals surface area (Å²) in [7, 11) is 1.61. The van der Waals surface area contributed by atoms with Crippen molar-refractivity contribution in [1.82, 2.24) is 0 Å². The van der Waals surface area contributed by atoms with Gasteiger partial charge in [0.05, 0.1) is 12.6 Å². The average Bonchev–Trinajstić information content (AvgIpc) is 2.37. The molecule has 0 aliphatic rings. The molecular weight excluding hydrogens is 248 g/mol. The van der Waals surface area contributed by atoms with Crippen molar-refractivity contribution < 1.29 is 13.5 Å². The smallest absolute Gasteiger partial charge is 0.256 e. The molecule has 0 spiro atoms. The molecule has 0 heterocycles. The molecule has 4 heteroatoms. The molecule has 19 heavy (non-hydrogen) atoms. The van der Waals surface area contributed by atoms with Gasteiger partial charge >= 0.3 is 0 Å². The molecule has 1 unspecified atom stereocenters. The summed E-state index contributed by atoms with van der Waals surface area (Å²) in [5.74, 6) is 0.775. The molecule has 1 atom stereocenters. The quantitative estimate of drug-likeness (QED) is 0.919. The van der Waals surface area contributed by atoms with E-state index in [1.807, 2.05) is 36.4 Å². The molecule has 0 aliphatic carbocycles. The van der Waals surface area contributed by atoms with Crippen LogP contribution in [-0.4, -0.2) is 19.1 Å². The summed E-state index contributed by atoms with van der Waals surface area (Å²) >= 11 is 0. The maximum atomic E-state index is 12.8. The lowest BCUT2D eigenvalue weighted by Crippen LogP contribution is -2.45. The van der Waals surface area contributed by atoms with E-state index in [2.05, 4.69) is 0 Å². The second-order valence-electron chi connectivity index (χ2n) is 5.03. The van der Waals surface area contributed by atoms with E-state index in [0.29, 0.717) is 0 Å². The fourth-order valence-corrected chi connectivity index (χ4v) is 2.03. The first kappa shape index (κ1) is 13.7. The Morgan fingerprint density at radius 3 is 2.42 bits per heavy atom. The highest BCUT2D eigenvalue weighted by molar-refractivity contribution is 5.84. The molecule has 0 fully saturated rings. The fraction of sp³-hybridized carbons (Fsp3) is 0.333. The van der Waals surface area contributed by atoms with E-state index in [9.17, 15) is 8.78 Å². The van der Waals surface area contributed by atoms with Crippen LogP contribution in [0.25, 0.3) is 10.8 Å². The Morgan fingerprint density at radius 2 is 1.79 bits per heavy atom. The largest absolute Gasteiger partial charge is 0.497 e. The predicted octanol–water partition coefficient (Wildman–Crippen LogP) is 3.37. The van der Waals surface area contributed by atoms with Crippen LogP contribution in [0.3, 0.4) is 0 Å². The first-order valence-electron chi connectivity index (χ1n) is 6.06. The van der Waals surface area contributed by atoms with Crippen molar-refractivity contribution in [2.24, 2.45) is 5.73 Å². The second-order valence-corrected chi connectivity index (χ2v) is 5.03. The molecule has 2 rings (SSSR count). The number of rotatable bonds is 4. The summed E-state index contributed by atoms with van der Waals surface area (Å²) in [6.45, 7) is 1.37. The van der Waals surface area contributed by atoms with Crippen molar-refractivity contribution in [3.63, 3.8) is 0 Å². The van der Waals surface area contributed by atoms with Gasteiger partial charge in [0.15, 0.2) is 0 Å². The highest BCUT2D eigenvalue weighted by Gasteiger charge is 2.30. The van der Waals surface area contributed by atoms with Crippen molar-refractivity contribution in [2.75, 3.05) is 7.11 Å². The van der Waals surface area contributed by atoms with E-state index in [1.165, 1.54) is 6.92 Å². The Bertz CT molecular complexity index is 581. The molecule has 2 aromatic carbocycles. The summed E-state index contributed by atoms with van der Waals surface area (Å²) in [6, 6.07) is 11.3. The predicted molar refractivity (Wildman–Crippen MR) is 72.8 cm³/mol. The highest BCUT2D eigenvalue weighted by Crippen LogP contribution is 2.24. The van der Waals surface area contributed by atoms with E-state index >= 15 is 0 Å². The number of nitrogens with two attached hydrogens (primary N) is 1. The molecule has 0 saturated heterocycles. The van der Waals surface area contributed by atoms with E-state index in [0.717, 1.165) is 22.1 Å². The molecule has 0 amide bonds. The van der Waals surface area contributed by atoms with Gasteiger partial charge in [-0.3, -0.25) is 0 Å². The van der Waals surface area contributed by atoms with Gasteiger partial charge in [-0.2, -0.15) is 0 Å². The van der Waals surface area contributed by atoms with Gasteiger partial charge in [-0.15, -0.1) is 0 Å². The van der Waals surface area contributed by atoms with Gasteiger partial charge in [0.1, 0.15) is 5.75 Å². The maximum absolute atomic E-state index is 12.8. The van der Waals surface area contributed by atoms with Crippen LogP contribution in [0.15, 0.2) is 36.4 Å². The average molecular weight is 265 g/mol. The Hall–Kier alpha value is -1.68. The highest BCUT2D eigenvalue weighted by atomic mass is 19.3. The van der Waals surface area contributed by atoms with Gasteiger partial charge in [0, 0.05) is 0 Å². The topological polar surface area (TPSA) is 35.2 Å². The van der Waals surface area contributed by atoms with Crippen LogP contribution in [-0.2, 0) is 6.42 Å². The normalized spacial score (nSPS) is 14.6. The van der Waals surface area contributed by atoms with E-state index in [-0.39, 0.29) is 6.42 Å². The zero-order valence-corrected chi connectivity index (χ0v) is 11.0. The summed E-state index contributed by atoms with van der Waals surface area (Å²) in [5.41, 5.74) is 4.92. The van der Waals surface area contributed by atoms with Gasteiger partial charge in [-0.25, -0.2) is 8.78 Å². The molecule has 0 aliphatic heterocycles. The monoisotopic (exact) mass is 265 g/mol. The van der Waals surface area contributed by atoms with E-state index < -0.39 is 12.0 Å². The van der Waals surface area contributed by atoms with Crippen LogP contribution in [0.1, 0.15) is 12.5 Å². The summed E-state index contributed by atoms with van der Waals surface area (Å²) in [6.07, 6.45) is -2.40. The SMILES string of the molecule is COc1ccc2cc(CC(C)(N)C(F)F)ccc2c1. The molecule has 2 aromatic rings. The molecule has 0 radical (unpaired) electrons. The molecule has 0 aromatic heterocycles. The third-order valence-electron chi connectivity index (χ3n) is 3.20. The van der Waals surface area contributed by atoms with Crippen molar-refractivity contribution in [1.29, 1.82) is 0 Å². The number of fused-ring (bicyclic) bond motifs is 1. The minimum Gasteiger partial charge on any atom is -0.497 e. The van der Waals surface area contributed by atoms with Gasteiger partial charge in [0.2, 0.25) is 0 Å². The van der Waals surface area contributed by atoms with Crippen LogP contribution in [0.2, 0.25) is 0 Å². The minimum atomic E-state index is -2.54. The molecular formula is C15H17F2NO. The van der Waals surface area contributed by atoms with Crippen LogP contribution >= 0.6 is 0 Å². The second kappa shape index (κ2) is 5.13. The summed E-state index contributed by atoms with van der Waals surface area (Å²) < 4.78 is 30.7. The van der Waals surface area contributed by atoms with Crippen LogP contribution in [0, 0.1) is 0 Å². The number of benzene rings is 2. The van der Waals surface area contributed by atoms with Crippen molar-refractivity contribution in [3.05, 3.63) is 42.0 Å². The molecule has 2 N–H and O–H groups in total. The van der Waals surface area contributed by atoms with Crippen molar-refractivity contribution in [2.45, 2.75) is 25.3 Å².